The Morgan fingerprint density at radius 3 is 2.95 bits per heavy atom. The lowest BCUT2D eigenvalue weighted by Crippen LogP contribution is -2.19. The molecule has 0 spiro atoms. The maximum Gasteiger partial charge on any atom is 0.258 e. The average molecular weight is 312 g/mol. The number of amides is 1. The summed E-state index contributed by atoms with van der Waals surface area (Å²) in [6, 6.07) is 13.1. The molecule has 3 rings (SSSR count). The molecule has 3 aromatic rings. The first-order valence-electron chi connectivity index (χ1n) is 6.52. The minimum Gasteiger partial charge on any atom is -0.430 e. The zero-order valence-electron chi connectivity index (χ0n) is 11.5. The molecule has 6 nitrogen and oxygen atoms in total. The van der Waals surface area contributed by atoms with Gasteiger partial charge in [0.2, 0.25) is 0 Å². The van der Waals surface area contributed by atoms with Gasteiger partial charge in [0.15, 0.2) is 11.2 Å². The number of oxazole rings is 1. The number of nitrogens with zero attached hydrogens (tertiary/aromatic N) is 3. The van der Waals surface area contributed by atoms with E-state index >= 15 is 0 Å². The number of carbonyl (C=O) groups is 1. The van der Waals surface area contributed by atoms with E-state index < -0.39 is 0 Å². The van der Waals surface area contributed by atoms with E-state index in [4.69, 9.17) is 4.42 Å². The first-order valence-corrected chi connectivity index (χ1v) is 7.51. The number of hydrogen-bond donors (Lipinski definition) is 1. The molecule has 0 fully saturated rings. The normalized spacial score (nSPS) is 11.1. The van der Waals surface area contributed by atoms with E-state index in [0.29, 0.717) is 16.5 Å². The summed E-state index contributed by atoms with van der Waals surface area (Å²) in [5.74, 6) is -0.0636. The van der Waals surface area contributed by atoms with Crippen LogP contribution in [-0.4, -0.2) is 27.8 Å². The van der Waals surface area contributed by atoms with Crippen LogP contribution in [0.2, 0.25) is 0 Å². The molecule has 0 bridgehead atoms. The molecule has 0 radical (unpaired) electrons. The van der Waals surface area contributed by atoms with Gasteiger partial charge in [0.05, 0.1) is 12.0 Å². The molecule has 1 N–H and O–H groups in total. The molecule has 2 heterocycles. The third kappa shape index (κ3) is 3.70. The summed E-state index contributed by atoms with van der Waals surface area (Å²) in [6.07, 6.45) is 3.23. The highest BCUT2D eigenvalue weighted by Crippen LogP contribution is 2.21. The molecular formula is C15H12N4O2S. The van der Waals surface area contributed by atoms with Crippen LogP contribution in [0.3, 0.4) is 0 Å². The fourth-order valence-corrected chi connectivity index (χ4v) is 2.31. The van der Waals surface area contributed by atoms with Crippen LogP contribution in [-0.2, 0) is 4.79 Å². The fraction of sp³-hybridized carbons (Fsp3) is 0.0667. The predicted molar refractivity (Wildman–Crippen MR) is 84.7 cm³/mol. The lowest BCUT2D eigenvalue weighted by Gasteiger charge is -1.97. The number of rotatable bonds is 5. The first-order chi connectivity index (χ1) is 10.8. The number of aromatic nitrogens is 2. The monoisotopic (exact) mass is 312 g/mol. The third-order valence-electron chi connectivity index (χ3n) is 2.67. The van der Waals surface area contributed by atoms with Gasteiger partial charge in [-0.25, -0.2) is 10.4 Å². The third-order valence-corrected chi connectivity index (χ3v) is 3.50. The summed E-state index contributed by atoms with van der Waals surface area (Å²) in [6.45, 7) is 0. The van der Waals surface area contributed by atoms with E-state index in [-0.39, 0.29) is 11.7 Å². The first kappa shape index (κ1) is 14.3. The highest BCUT2D eigenvalue weighted by atomic mass is 32.2. The van der Waals surface area contributed by atoms with Gasteiger partial charge in [0, 0.05) is 6.20 Å². The summed E-state index contributed by atoms with van der Waals surface area (Å²) >= 11 is 1.20. The van der Waals surface area contributed by atoms with Crippen molar-refractivity contribution in [1.82, 2.24) is 15.4 Å². The Morgan fingerprint density at radius 1 is 1.27 bits per heavy atom. The molecule has 1 aromatic carbocycles. The maximum absolute atomic E-state index is 11.7. The van der Waals surface area contributed by atoms with E-state index in [1.807, 2.05) is 30.3 Å². The van der Waals surface area contributed by atoms with Crippen molar-refractivity contribution in [1.29, 1.82) is 0 Å². The summed E-state index contributed by atoms with van der Waals surface area (Å²) in [5.41, 5.74) is 4.52. The Balaban J connectivity index is 1.51. The van der Waals surface area contributed by atoms with E-state index in [2.05, 4.69) is 20.5 Å². The van der Waals surface area contributed by atoms with Gasteiger partial charge in [-0.3, -0.25) is 4.79 Å². The summed E-state index contributed by atoms with van der Waals surface area (Å²) in [7, 11) is 0. The van der Waals surface area contributed by atoms with Crippen LogP contribution < -0.4 is 5.43 Å². The number of hydrogen-bond acceptors (Lipinski definition) is 6. The highest BCUT2D eigenvalue weighted by molar-refractivity contribution is 7.99. The quantitative estimate of drug-likeness (QED) is 0.445. The number of hydrazone groups is 1. The summed E-state index contributed by atoms with van der Waals surface area (Å²) < 4.78 is 5.46. The molecule has 7 heteroatoms. The largest absolute Gasteiger partial charge is 0.430 e. The number of nitrogens with one attached hydrogen (secondary N) is 1. The van der Waals surface area contributed by atoms with E-state index in [9.17, 15) is 4.79 Å². The van der Waals surface area contributed by atoms with Gasteiger partial charge in [-0.2, -0.15) is 10.1 Å². The van der Waals surface area contributed by atoms with Gasteiger partial charge >= 0.3 is 0 Å². The Bertz CT molecular complexity index is 768. The Kier molecular flexibility index (Phi) is 4.45. The van der Waals surface area contributed by atoms with E-state index in [1.54, 1.807) is 24.5 Å². The molecule has 0 saturated heterocycles. The molecule has 110 valence electrons. The van der Waals surface area contributed by atoms with E-state index in [1.165, 1.54) is 11.8 Å². The van der Waals surface area contributed by atoms with Crippen LogP contribution in [0, 0.1) is 0 Å². The average Bonchev–Trinajstić information content (AvgIpc) is 2.97. The number of fused-ring (bicyclic) bond motifs is 1. The van der Waals surface area contributed by atoms with Gasteiger partial charge in [-0.15, -0.1) is 0 Å². The molecule has 0 saturated carbocycles. The van der Waals surface area contributed by atoms with Crippen molar-refractivity contribution < 1.29 is 9.21 Å². The van der Waals surface area contributed by atoms with Gasteiger partial charge in [-0.05, 0) is 17.7 Å². The minimum absolute atomic E-state index is 0.166. The van der Waals surface area contributed by atoms with Crippen LogP contribution in [0.15, 0.2) is 63.4 Å². The highest BCUT2D eigenvalue weighted by Gasteiger charge is 2.09. The molecule has 0 unspecified atom stereocenters. The number of carbonyl (C=O) groups excluding carboxylic acids is 1. The van der Waals surface area contributed by atoms with Gasteiger partial charge in [-0.1, -0.05) is 42.1 Å². The Hall–Kier alpha value is -2.67. The van der Waals surface area contributed by atoms with Crippen LogP contribution in [0.5, 0.6) is 0 Å². The zero-order valence-corrected chi connectivity index (χ0v) is 12.3. The number of pyridine rings is 1. The van der Waals surface area contributed by atoms with Crippen molar-refractivity contribution in [2.45, 2.75) is 5.22 Å². The predicted octanol–water partition coefficient (Wildman–Crippen LogP) is 2.47. The minimum atomic E-state index is -0.229. The SMILES string of the molecule is O=C(CSc1nc2ncccc2o1)N/N=C/c1ccccc1. The molecule has 0 atom stereocenters. The van der Waals surface area contributed by atoms with Crippen LogP contribution in [0.1, 0.15) is 5.56 Å². The molecular weight excluding hydrogens is 300 g/mol. The van der Waals surface area contributed by atoms with Crippen LogP contribution in [0.25, 0.3) is 11.2 Å². The van der Waals surface area contributed by atoms with Crippen LogP contribution >= 0.6 is 11.8 Å². The standard InChI is InChI=1S/C15H12N4O2S/c20-13(19-17-9-11-5-2-1-3-6-11)10-22-15-18-14-12(21-15)7-4-8-16-14/h1-9H,10H2,(H,19,20)/b17-9+. The maximum atomic E-state index is 11.7. The second-order valence-electron chi connectivity index (χ2n) is 4.30. The van der Waals surface area contributed by atoms with Crippen molar-refractivity contribution in [2.24, 2.45) is 5.10 Å². The summed E-state index contributed by atoms with van der Waals surface area (Å²) in [4.78, 5) is 19.9. The molecule has 0 aliphatic heterocycles. The zero-order chi connectivity index (χ0) is 15.2. The van der Waals surface area contributed by atoms with Crippen molar-refractivity contribution in [3.05, 3.63) is 54.2 Å². The fourth-order valence-electron chi connectivity index (χ4n) is 1.69. The van der Waals surface area contributed by atoms with Gasteiger partial charge in [0.1, 0.15) is 0 Å². The van der Waals surface area contributed by atoms with E-state index in [0.717, 1.165) is 5.56 Å². The van der Waals surface area contributed by atoms with Crippen molar-refractivity contribution in [2.75, 3.05) is 5.75 Å². The molecule has 0 aliphatic carbocycles. The topological polar surface area (TPSA) is 80.4 Å². The van der Waals surface area contributed by atoms with Crippen molar-refractivity contribution in [3.63, 3.8) is 0 Å². The second kappa shape index (κ2) is 6.86. The van der Waals surface area contributed by atoms with Gasteiger partial charge < -0.3 is 4.42 Å². The molecule has 1 amide bonds. The number of benzene rings is 1. The summed E-state index contributed by atoms with van der Waals surface area (Å²) in [5, 5.41) is 4.31. The smallest absolute Gasteiger partial charge is 0.258 e. The Morgan fingerprint density at radius 2 is 2.14 bits per heavy atom. The molecule has 22 heavy (non-hydrogen) atoms. The van der Waals surface area contributed by atoms with Gasteiger partial charge in [0.25, 0.3) is 11.1 Å². The Labute approximate surface area is 130 Å². The second-order valence-corrected chi connectivity index (χ2v) is 5.22. The lowest BCUT2D eigenvalue weighted by atomic mass is 10.2. The van der Waals surface area contributed by atoms with Crippen molar-refractivity contribution >= 4 is 35.1 Å². The molecule has 0 aliphatic rings. The lowest BCUT2D eigenvalue weighted by molar-refractivity contribution is -0.118. The van der Waals surface area contributed by atoms with Crippen molar-refractivity contribution in [3.8, 4) is 0 Å². The number of thioether (sulfide) groups is 1. The van der Waals surface area contributed by atoms with Crippen LogP contribution in [0.4, 0.5) is 0 Å². The molecule has 2 aromatic heterocycles.